The molecule has 125 heavy (non-hydrogen) atoms. The summed E-state index contributed by atoms with van der Waals surface area (Å²) in [6.07, 6.45) is -10.7. The number of hydrogen-bond acceptors (Lipinski definition) is 42. The molecule has 17 N–H and O–H groups in total. The van der Waals surface area contributed by atoms with Gasteiger partial charge in [0.1, 0.15) is 97.4 Å². The van der Waals surface area contributed by atoms with Gasteiger partial charge >= 0.3 is 8.25 Å². The highest BCUT2D eigenvalue weighted by molar-refractivity contribution is 7.33. The van der Waals surface area contributed by atoms with Crippen LogP contribution in [-0.2, 0) is 147 Å². The maximum atomic E-state index is 15.1. The number of aromatic nitrogens is 12. The number of carbonyl (C=O) groups is 5. The first-order valence-electron chi connectivity index (χ1n) is 41.6. The van der Waals surface area contributed by atoms with E-state index in [0.29, 0.717) is 68.0 Å². The predicted octanol–water partition coefficient (Wildman–Crippen LogP) is -9.07. The van der Waals surface area contributed by atoms with Gasteiger partial charge in [-0.3, -0.25) is 38.3 Å². The highest BCUT2D eigenvalue weighted by Gasteiger charge is 2.49. The maximum Gasteiger partial charge on any atom is 0.318 e. The topological polar surface area (TPSA) is 664 Å². The fourth-order valence-corrected chi connectivity index (χ4v) is 14.5. The molecule has 8 heterocycles. The summed E-state index contributed by atoms with van der Waals surface area (Å²) in [5.74, 6) is -2.33. The minimum Gasteiger partial charge on any atom is -0.394 e. The van der Waals surface area contributed by atoms with E-state index in [1.807, 2.05) is 4.90 Å². The molecule has 4 aliphatic rings. The molecule has 5 amide bonds. The van der Waals surface area contributed by atoms with E-state index in [4.69, 9.17) is 65.9 Å². The van der Waals surface area contributed by atoms with Crippen molar-refractivity contribution in [3.05, 3.63) is 47.6 Å². The van der Waals surface area contributed by atoms with E-state index < -0.39 is 187 Å². The lowest BCUT2D eigenvalue weighted by atomic mass is 9.97. The summed E-state index contributed by atoms with van der Waals surface area (Å²) in [5.41, 5.74) is 2.08. The normalized spacial score (nSPS) is 27.0. The van der Waals surface area contributed by atoms with E-state index >= 15 is 4.79 Å². The average molecular weight is 1810 g/mol. The number of rotatable bonds is 60. The molecule has 0 aliphatic carbocycles. The standard InChI is InChI=1S/C73H126N19O32P/c1-44(97)75-57-65(105)61(101)53(40-93)121-70(57)116-28-24-112-20-15-89-36-48(79-83-89)32-87(33-49-37-90(84-80-49)16-21-113-25-29-117-71-58(76-45(2)98)66(106)62(102)54(41-94)122-71)14-10-8-12-52(69(109)74-13-9-6-7-11-19-120-125(110)111-5)88(34-50-38-91(85-81-50)17-22-114-26-30-118-72-59(77-46(3)99)67(107)63(103)55(42-95)123-72)35-51-39-92(86-82-51)18-23-115-27-31-119-73-60(78-47(4)100)68(108)64(104)56(43-96)124-73/h36-39,52-68,70-73,93-96,101-108,125H,6-35,40-43H2,1-5H3,(H,74,109)(H,75,97)(H,76,98)(H,77,99)(H,78,100)/t52-,53+,54+,55+,56+,57+,58+,59+,60+,61-,62-,63-,64-,65+,66+,67+,68+,70+,71+,72+,73+/m0/s1. The molecule has 4 fully saturated rings. The Bertz CT molecular complexity index is 3590. The van der Waals surface area contributed by atoms with Crippen molar-refractivity contribution < 1.29 is 156 Å². The van der Waals surface area contributed by atoms with Gasteiger partial charge in [0, 0.05) is 92.3 Å². The lowest BCUT2D eigenvalue weighted by Gasteiger charge is -2.42. The number of nitrogens with one attached hydrogen (secondary N) is 5. The van der Waals surface area contributed by atoms with Gasteiger partial charge in [0.25, 0.3) is 0 Å². The average Bonchev–Trinajstić information content (AvgIpc) is 1.77. The Balaban J connectivity index is 0.962. The van der Waals surface area contributed by atoms with Crippen LogP contribution in [0.5, 0.6) is 0 Å². The first kappa shape index (κ1) is 103. The number of unbranched alkanes of at least 4 members (excludes halogenated alkanes) is 4. The van der Waals surface area contributed by atoms with Gasteiger partial charge in [0.15, 0.2) is 25.2 Å². The zero-order chi connectivity index (χ0) is 90.3. The summed E-state index contributed by atoms with van der Waals surface area (Å²) >= 11 is 0. The van der Waals surface area contributed by atoms with Crippen molar-refractivity contribution in [3.63, 3.8) is 0 Å². The van der Waals surface area contributed by atoms with E-state index in [2.05, 4.69) is 72.7 Å². The van der Waals surface area contributed by atoms with Crippen molar-refractivity contribution in [1.29, 1.82) is 0 Å². The molecule has 8 rings (SSSR count). The largest absolute Gasteiger partial charge is 0.394 e. The third-order valence-electron chi connectivity index (χ3n) is 20.4. The molecule has 710 valence electrons. The third kappa shape index (κ3) is 34.1. The molecule has 0 spiro atoms. The van der Waals surface area contributed by atoms with Gasteiger partial charge in [0.2, 0.25) is 29.5 Å². The van der Waals surface area contributed by atoms with Gasteiger partial charge < -0.3 is 154 Å². The second-order valence-corrected chi connectivity index (χ2v) is 31.4. The fraction of sp³-hybridized carbons (Fsp3) is 0.822. The Morgan fingerprint density at radius 1 is 0.416 bits per heavy atom. The Morgan fingerprint density at radius 2 is 0.728 bits per heavy atom. The SMILES string of the molecule is CO[PH](=O)OCCCCCCNC(=O)[C@H](CCCCN(Cc1cn(CCOCCO[C@@H]2O[C@H](CO)[C@H](O)[C@H](O)[C@H]2NC(C)=O)nn1)Cc1cn(CCOCCO[C@@H]2O[C@H](CO)[C@H](O)[C@H](O)[C@H]2NC(C)=O)nn1)N(Cc1cn(CCOCCO[C@@H]2O[C@H](CO)[C@H](O)[C@H](O)[C@H]2NC(C)=O)nn1)Cc1cn(CCOCCO[C@@H]2O[C@H](CO)[C@H](O)[C@H](O)[C@H]2NC(C)=O)nn1. The Hall–Kier alpha value is -6.98. The van der Waals surface area contributed by atoms with Crippen molar-refractivity contribution in [1.82, 2.24) is 96.4 Å². The summed E-state index contributed by atoms with van der Waals surface area (Å²) in [4.78, 5) is 67.0. The summed E-state index contributed by atoms with van der Waals surface area (Å²) in [6.45, 7) is 5.34. The molecule has 0 bridgehead atoms. The number of aliphatic hydroxyl groups excluding tert-OH is 12. The number of hydrogen-bond donors (Lipinski definition) is 17. The van der Waals surface area contributed by atoms with Gasteiger partial charge in [-0.2, -0.15) is 0 Å². The Kier molecular flexibility index (Phi) is 45.6. The molecule has 4 aliphatic heterocycles. The monoisotopic (exact) mass is 1810 g/mol. The van der Waals surface area contributed by atoms with Gasteiger partial charge in [-0.05, 0) is 32.2 Å². The van der Waals surface area contributed by atoms with E-state index in [1.165, 1.54) is 34.8 Å². The second kappa shape index (κ2) is 55.1. The second-order valence-electron chi connectivity index (χ2n) is 30.2. The highest BCUT2D eigenvalue weighted by atomic mass is 31.1. The first-order chi connectivity index (χ1) is 60.2. The number of ether oxygens (including phenoxy) is 12. The smallest absolute Gasteiger partial charge is 0.318 e. The van der Waals surface area contributed by atoms with Crippen LogP contribution in [0.1, 0.15) is 95.4 Å². The van der Waals surface area contributed by atoms with Crippen LogP contribution in [0.3, 0.4) is 0 Å². The van der Waals surface area contributed by atoms with Crippen LogP contribution in [-0.4, -0.2) is 422 Å². The number of nitrogens with zero attached hydrogens (tertiary/aromatic N) is 14. The van der Waals surface area contributed by atoms with Crippen LogP contribution in [0.4, 0.5) is 0 Å². The zero-order valence-corrected chi connectivity index (χ0v) is 71.8. The molecule has 4 aromatic heterocycles. The van der Waals surface area contributed by atoms with Crippen molar-refractivity contribution in [2.24, 2.45) is 0 Å². The van der Waals surface area contributed by atoms with Gasteiger partial charge in [-0.15, -0.1) is 20.4 Å². The molecule has 4 aromatic rings. The van der Waals surface area contributed by atoms with Gasteiger partial charge in [-0.25, -0.2) is 18.7 Å². The predicted molar refractivity (Wildman–Crippen MR) is 423 cm³/mol. The highest BCUT2D eigenvalue weighted by Crippen LogP contribution is 2.28. The van der Waals surface area contributed by atoms with Crippen LogP contribution < -0.4 is 26.6 Å². The molecular formula is C73H126N19O32P. The quantitative estimate of drug-likeness (QED) is 0.0144. The van der Waals surface area contributed by atoms with Crippen LogP contribution in [0.25, 0.3) is 0 Å². The molecule has 22 atom stereocenters. The summed E-state index contributed by atoms with van der Waals surface area (Å²) in [6, 6.07) is -5.41. The molecule has 0 aromatic carbocycles. The van der Waals surface area contributed by atoms with Crippen molar-refractivity contribution in [2.75, 3.05) is 133 Å². The lowest BCUT2D eigenvalue weighted by Crippen LogP contribution is -2.64. The van der Waals surface area contributed by atoms with Crippen LogP contribution in [0, 0.1) is 0 Å². The van der Waals surface area contributed by atoms with Gasteiger partial charge in [-0.1, -0.05) is 40.1 Å². The zero-order valence-electron chi connectivity index (χ0n) is 70.8. The fourth-order valence-electron chi connectivity index (χ4n) is 14.1. The van der Waals surface area contributed by atoms with Crippen molar-refractivity contribution in [2.45, 2.75) is 254 Å². The van der Waals surface area contributed by atoms with Crippen molar-refractivity contribution in [3.8, 4) is 0 Å². The first-order valence-corrected chi connectivity index (χ1v) is 42.8. The van der Waals surface area contributed by atoms with Crippen molar-refractivity contribution >= 4 is 37.8 Å². The molecule has 4 saturated heterocycles. The van der Waals surface area contributed by atoms with Crippen LogP contribution in [0.2, 0.25) is 0 Å². The minimum atomic E-state index is -2.59. The minimum absolute atomic E-state index is 0.0155. The van der Waals surface area contributed by atoms with E-state index in [0.717, 1.165) is 6.42 Å². The Morgan fingerprint density at radius 3 is 1.03 bits per heavy atom. The molecule has 52 heteroatoms. The third-order valence-corrected chi connectivity index (χ3v) is 21.2. The number of amides is 5. The molecule has 0 radical (unpaired) electrons. The molecule has 1 unspecified atom stereocenters. The molecule has 51 nitrogen and oxygen atoms in total. The van der Waals surface area contributed by atoms with E-state index in [1.54, 1.807) is 43.5 Å². The Labute approximate surface area is 721 Å². The number of carbonyl (C=O) groups excluding carboxylic acids is 5. The summed E-state index contributed by atoms with van der Waals surface area (Å²) in [5, 5.41) is 172. The lowest BCUT2D eigenvalue weighted by molar-refractivity contribution is -0.272. The summed E-state index contributed by atoms with van der Waals surface area (Å²) in [7, 11) is -1.28. The summed E-state index contributed by atoms with van der Waals surface area (Å²) < 4.78 is 97.4. The van der Waals surface area contributed by atoms with E-state index in [-0.39, 0.29) is 151 Å². The van der Waals surface area contributed by atoms with Crippen LogP contribution in [0.15, 0.2) is 24.8 Å². The van der Waals surface area contributed by atoms with Crippen LogP contribution >= 0.6 is 8.25 Å². The maximum absolute atomic E-state index is 15.1. The molecular weight excluding hydrogens is 1690 g/mol. The molecule has 0 saturated carbocycles. The van der Waals surface area contributed by atoms with E-state index in [9.17, 15) is 85.0 Å². The van der Waals surface area contributed by atoms with Gasteiger partial charge in [0.05, 0.1) is 167 Å². The number of aliphatic hydroxyl groups is 12.